The molecule has 3 heteroatoms. The summed E-state index contributed by atoms with van der Waals surface area (Å²) in [5, 5.41) is 1.11. The van der Waals surface area contributed by atoms with E-state index in [2.05, 4.69) is 0 Å². The molecule has 68 valence electrons. The molecular formula is C10H12N2O. The monoisotopic (exact) mass is 176 g/mol. The first-order valence-corrected chi connectivity index (χ1v) is 4.02. The van der Waals surface area contributed by atoms with E-state index in [4.69, 9.17) is 5.84 Å². The van der Waals surface area contributed by atoms with E-state index in [0.717, 1.165) is 5.01 Å². The summed E-state index contributed by atoms with van der Waals surface area (Å²) in [5.74, 6) is 5.33. The number of anilines is 1. The molecule has 1 aromatic carbocycles. The van der Waals surface area contributed by atoms with Gasteiger partial charge in [0.25, 0.3) is 5.91 Å². The number of nitrogens with two attached hydrogens (primary N) is 1. The van der Waals surface area contributed by atoms with Crippen LogP contribution in [0.25, 0.3) is 0 Å². The number of carbonyl (C=O) groups is 1. The molecule has 0 aliphatic heterocycles. The van der Waals surface area contributed by atoms with Crippen molar-refractivity contribution in [2.24, 2.45) is 5.84 Å². The van der Waals surface area contributed by atoms with Crippen molar-refractivity contribution in [3.05, 3.63) is 42.5 Å². The van der Waals surface area contributed by atoms with Gasteiger partial charge in [0, 0.05) is 6.08 Å². The van der Waals surface area contributed by atoms with Crippen LogP contribution in [0.1, 0.15) is 6.92 Å². The van der Waals surface area contributed by atoms with Crippen molar-refractivity contribution in [1.29, 1.82) is 0 Å². The van der Waals surface area contributed by atoms with Gasteiger partial charge in [-0.05, 0) is 19.1 Å². The molecule has 1 rings (SSSR count). The molecule has 1 amide bonds. The van der Waals surface area contributed by atoms with Gasteiger partial charge in [0.2, 0.25) is 0 Å². The fraction of sp³-hybridized carbons (Fsp3) is 0.100. The first kappa shape index (κ1) is 9.48. The summed E-state index contributed by atoms with van der Waals surface area (Å²) < 4.78 is 0. The lowest BCUT2D eigenvalue weighted by molar-refractivity contribution is -0.114. The summed E-state index contributed by atoms with van der Waals surface area (Å²) >= 11 is 0. The first-order chi connectivity index (χ1) is 6.25. The predicted molar refractivity (Wildman–Crippen MR) is 52.9 cm³/mol. The van der Waals surface area contributed by atoms with Gasteiger partial charge in [-0.3, -0.25) is 4.79 Å². The number of hydrazine groups is 1. The average molecular weight is 176 g/mol. The molecular weight excluding hydrogens is 164 g/mol. The Bertz CT molecular complexity index is 306. The third kappa shape index (κ3) is 2.42. The lowest BCUT2D eigenvalue weighted by atomic mass is 10.3. The zero-order chi connectivity index (χ0) is 9.68. The van der Waals surface area contributed by atoms with Gasteiger partial charge in [-0.1, -0.05) is 24.3 Å². The number of para-hydroxylation sites is 1. The topological polar surface area (TPSA) is 46.3 Å². The minimum absolute atomic E-state index is 0.228. The first-order valence-electron chi connectivity index (χ1n) is 4.02. The van der Waals surface area contributed by atoms with Crippen LogP contribution in [0.15, 0.2) is 42.5 Å². The van der Waals surface area contributed by atoms with Crippen LogP contribution in [-0.4, -0.2) is 5.91 Å². The summed E-state index contributed by atoms with van der Waals surface area (Å²) in [4.78, 5) is 11.3. The molecule has 0 heterocycles. The van der Waals surface area contributed by atoms with E-state index in [0.29, 0.717) is 5.69 Å². The average Bonchev–Trinajstić information content (AvgIpc) is 2.18. The van der Waals surface area contributed by atoms with E-state index in [-0.39, 0.29) is 5.91 Å². The molecule has 0 aliphatic rings. The molecule has 0 fully saturated rings. The molecule has 3 nitrogen and oxygen atoms in total. The van der Waals surface area contributed by atoms with E-state index < -0.39 is 0 Å². The Morgan fingerprint density at radius 3 is 2.54 bits per heavy atom. The molecule has 1 aromatic rings. The molecule has 2 N–H and O–H groups in total. The highest BCUT2D eigenvalue weighted by molar-refractivity contribution is 6.00. The summed E-state index contributed by atoms with van der Waals surface area (Å²) in [7, 11) is 0. The highest BCUT2D eigenvalue weighted by atomic mass is 16.2. The maximum Gasteiger partial charge on any atom is 0.264 e. The maximum atomic E-state index is 11.3. The molecule has 0 saturated carbocycles. The van der Waals surface area contributed by atoms with Crippen LogP contribution in [0.2, 0.25) is 0 Å². The van der Waals surface area contributed by atoms with Crippen molar-refractivity contribution in [2.75, 3.05) is 5.01 Å². The fourth-order valence-electron chi connectivity index (χ4n) is 0.939. The Kier molecular flexibility index (Phi) is 3.23. The molecule has 0 bridgehead atoms. The Balaban J connectivity index is 2.79. The van der Waals surface area contributed by atoms with Crippen LogP contribution in [0.3, 0.4) is 0 Å². The van der Waals surface area contributed by atoms with Crippen molar-refractivity contribution < 1.29 is 4.79 Å². The molecule has 0 unspecified atom stereocenters. The van der Waals surface area contributed by atoms with Gasteiger partial charge in [0.05, 0.1) is 5.69 Å². The van der Waals surface area contributed by atoms with Crippen LogP contribution in [0.4, 0.5) is 5.69 Å². The van der Waals surface area contributed by atoms with Gasteiger partial charge in [-0.25, -0.2) is 10.9 Å². The second-order valence-electron chi connectivity index (χ2n) is 2.54. The minimum atomic E-state index is -0.228. The number of rotatable bonds is 2. The minimum Gasteiger partial charge on any atom is -0.268 e. The van der Waals surface area contributed by atoms with Crippen molar-refractivity contribution >= 4 is 11.6 Å². The number of hydrogen-bond donors (Lipinski definition) is 1. The van der Waals surface area contributed by atoms with Crippen LogP contribution in [0.5, 0.6) is 0 Å². The second kappa shape index (κ2) is 4.42. The van der Waals surface area contributed by atoms with Crippen LogP contribution in [0, 0.1) is 0 Å². The van der Waals surface area contributed by atoms with Crippen LogP contribution >= 0.6 is 0 Å². The zero-order valence-electron chi connectivity index (χ0n) is 7.47. The Morgan fingerprint density at radius 1 is 1.38 bits per heavy atom. The Labute approximate surface area is 77.4 Å². The molecule has 0 saturated heterocycles. The third-order valence-corrected chi connectivity index (χ3v) is 1.58. The number of allylic oxidation sites excluding steroid dienone is 1. The standard InChI is InChI=1S/C10H12N2O/c1-2-6-10(13)12(11)9-7-4-3-5-8-9/h2-8H,11H2,1H3/b6-2+. The fourth-order valence-corrected chi connectivity index (χ4v) is 0.939. The summed E-state index contributed by atoms with van der Waals surface area (Å²) in [6.45, 7) is 1.77. The van der Waals surface area contributed by atoms with E-state index in [1.807, 2.05) is 18.2 Å². The molecule has 0 radical (unpaired) electrons. The van der Waals surface area contributed by atoms with Gasteiger partial charge in [0.1, 0.15) is 0 Å². The van der Waals surface area contributed by atoms with E-state index >= 15 is 0 Å². The molecule has 0 aromatic heterocycles. The van der Waals surface area contributed by atoms with Gasteiger partial charge >= 0.3 is 0 Å². The smallest absolute Gasteiger partial charge is 0.264 e. The van der Waals surface area contributed by atoms with Crippen molar-refractivity contribution in [2.45, 2.75) is 6.92 Å². The van der Waals surface area contributed by atoms with Gasteiger partial charge in [-0.2, -0.15) is 0 Å². The van der Waals surface area contributed by atoms with E-state index in [1.54, 1.807) is 25.1 Å². The number of carbonyl (C=O) groups excluding carboxylic acids is 1. The highest BCUT2D eigenvalue weighted by Crippen LogP contribution is 2.09. The summed E-state index contributed by atoms with van der Waals surface area (Å²) in [5.41, 5.74) is 0.686. The van der Waals surface area contributed by atoms with Gasteiger partial charge in [-0.15, -0.1) is 0 Å². The van der Waals surface area contributed by atoms with Gasteiger partial charge < -0.3 is 0 Å². The van der Waals surface area contributed by atoms with E-state index in [1.165, 1.54) is 6.08 Å². The second-order valence-corrected chi connectivity index (χ2v) is 2.54. The van der Waals surface area contributed by atoms with Gasteiger partial charge in [0.15, 0.2) is 0 Å². The maximum absolute atomic E-state index is 11.3. The quantitative estimate of drug-likeness (QED) is 0.321. The largest absolute Gasteiger partial charge is 0.268 e. The normalized spacial score (nSPS) is 10.3. The Hall–Kier alpha value is -1.61. The SMILES string of the molecule is C/C=C/C(=O)N(N)c1ccccc1. The molecule has 13 heavy (non-hydrogen) atoms. The zero-order valence-corrected chi connectivity index (χ0v) is 7.47. The van der Waals surface area contributed by atoms with E-state index in [9.17, 15) is 4.79 Å². The predicted octanol–water partition coefficient (Wildman–Crippen LogP) is 1.47. The van der Waals surface area contributed by atoms with Crippen LogP contribution in [-0.2, 0) is 4.79 Å². The van der Waals surface area contributed by atoms with Crippen molar-refractivity contribution in [3.8, 4) is 0 Å². The number of hydrogen-bond acceptors (Lipinski definition) is 2. The van der Waals surface area contributed by atoms with Crippen molar-refractivity contribution in [1.82, 2.24) is 0 Å². The van der Waals surface area contributed by atoms with Crippen molar-refractivity contribution in [3.63, 3.8) is 0 Å². The summed E-state index contributed by atoms with van der Waals surface area (Å²) in [6, 6.07) is 9.09. The number of nitrogens with zero attached hydrogens (tertiary/aromatic N) is 1. The highest BCUT2D eigenvalue weighted by Gasteiger charge is 2.06. The lowest BCUT2D eigenvalue weighted by Crippen LogP contribution is -2.35. The molecule has 0 spiro atoms. The Morgan fingerprint density at radius 2 is 2.00 bits per heavy atom. The molecule has 0 aliphatic carbocycles. The number of benzene rings is 1. The van der Waals surface area contributed by atoms with Crippen LogP contribution < -0.4 is 10.9 Å². The number of amides is 1. The lowest BCUT2D eigenvalue weighted by Gasteiger charge is -2.13. The molecule has 0 atom stereocenters. The summed E-state index contributed by atoms with van der Waals surface area (Å²) in [6.07, 6.45) is 3.08. The third-order valence-electron chi connectivity index (χ3n) is 1.58.